The Morgan fingerprint density at radius 2 is 1.08 bits per heavy atom. The first-order chi connectivity index (χ1) is 30.2. The van der Waals surface area contributed by atoms with Crippen LogP contribution in [-0.4, -0.2) is 83.8 Å². The van der Waals surface area contributed by atoms with Gasteiger partial charge in [0.25, 0.3) is 0 Å². The van der Waals surface area contributed by atoms with Crippen LogP contribution in [0.3, 0.4) is 0 Å². The van der Waals surface area contributed by atoms with E-state index in [-0.39, 0.29) is 22.0 Å². The number of methoxy groups -OCH3 is 2. The molecule has 4 aromatic heterocycles. The third-order valence-electron chi connectivity index (χ3n) is 13.7. The van der Waals surface area contributed by atoms with Crippen molar-refractivity contribution < 1.29 is 38.2 Å². The molecule has 2 aliphatic heterocycles. The average molecular weight is 885 g/mol. The number of thiophene rings is 2. The topological polar surface area (TPSA) is 122 Å². The van der Waals surface area contributed by atoms with E-state index in [2.05, 4.69) is 12.1 Å². The normalized spacial score (nSPS) is 23.1. The van der Waals surface area contributed by atoms with Gasteiger partial charge >= 0.3 is 11.9 Å². The zero-order chi connectivity index (χ0) is 42.9. The van der Waals surface area contributed by atoms with Crippen LogP contribution in [0.5, 0.6) is 11.5 Å². The van der Waals surface area contributed by atoms with Gasteiger partial charge in [0, 0.05) is 73.1 Å². The van der Waals surface area contributed by atoms with E-state index in [1.165, 1.54) is 0 Å². The summed E-state index contributed by atoms with van der Waals surface area (Å²) in [5.41, 5.74) is 1.29. The number of aromatic nitrogens is 2. The molecule has 2 aliphatic carbocycles. The second kappa shape index (κ2) is 20.1. The maximum absolute atomic E-state index is 13.7. The molecule has 332 valence electrons. The molecule has 0 radical (unpaired) electrons. The molecule has 2 atom stereocenters. The monoisotopic (exact) mass is 884 g/mol. The van der Waals surface area contributed by atoms with Gasteiger partial charge in [0.2, 0.25) is 0 Å². The summed E-state index contributed by atoms with van der Waals surface area (Å²) in [6, 6.07) is 16.1. The second-order valence-electron chi connectivity index (χ2n) is 17.5. The Bertz CT molecular complexity index is 1950. The molecular formula is C48H60N4O8S2. The number of ether oxygens (including phenoxy) is 4. The number of rotatable bonds is 18. The van der Waals surface area contributed by atoms with E-state index < -0.39 is 11.9 Å². The fraction of sp³-hybridized carbons (Fsp3) is 0.542. The zero-order valence-electron chi connectivity index (χ0n) is 36.1. The van der Waals surface area contributed by atoms with E-state index in [9.17, 15) is 9.59 Å². The summed E-state index contributed by atoms with van der Waals surface area (Å²) in [4.78, 5) is 51.1. The molecule has 2 spiro atoms. The van der Waals surface area contributed by atoms with Crippen LogP contribution >= 0.6 is 22.7 Å². The van der Waals surface area contributed by atoms with Crippen molar-refractivity contribution in [2.75, 3.05) is 40.5 Å². The lowest BCUT2D eigenvalue weighted by molar-refractivity contribution is -0.192. The van der Waals surface area contributed by atoms with Crippen molar-refractivity contribution in [2.45, 2.75) is 125 Å². The Morgan fingerprint density at radius 3 is 1.47 bits per heavy atom. The summed E-state index contributed by atoms with van der Waals surface area (Å²) < 4.78 is 24.3. The van der Waals surface area contributed by atoms with Gasteiger partial charge in [0.1, 0.15) is 11.5 Å². The maximum atomic E-state index is 13.7. The van der Waals surface area contributed by atoms with Crippen molar-refractivity contribution in [3.63, 3.8) is 0 Å². The molecule has 14 heteroatoms. The standard InChI is InChI=1S/C48H60N4O8S2/c1-55-37-15-31-61-39(37)33-51(27-21-45(41-11-3-9-25-49-41)23-29-57-47(35-45)17-5-6-18-47)59-43(53)13-14-44(54)60-52(34-40-38(56-2)16-32-62-40)28-22-46(42-12-4-10-26-50-42)24-30-58-48(36-46)19-7-8-20-48/h3-4,9-16,25-26,31-32H,5-8,17-24,27-30,33-36H2,1-2H3/b14-13+/t45-,46-/m1/s1. The number of nitrogens with zero attached hydrogens (tertiary/aromatic N) is 4. The highest BCUT2D eigenvalue weighted by atomic mass is 32.1. The van der Waals surface area contributed by atoms with Crippen LogP contribution in [0.2, 0.25) is 0 Å². The van der Waals surface area contributed by atoms with E-state index in [1.54, 1.807) is 47.0 Å². The minimum absolute atomic E-state index is 0.151. The van der Waals surface area contributed by atoms with Crippen molar-refractivity contribution in [1.29, 1.82) is 0 Å². The summed E-state index contributed by atoms with van der Waals surface area (Å²) in [6.45, 7) is 2.86. The highest BCUT2D eigenvalue weighted by Gasteiger charge is 2.50. The number of hydrogen-bond donors (Lipinski definition) is 0. The molecule has 0 aromatic carbocycles. The van der Waals surface area contributed by atoms with Gasteiger partial charge in [-0.3, -0.25) is 9.97 Å². The van der Waals surface area contributed by atoms with Crippen molar-refractivity contribution in [3.8, 4) is 11.5 Å². The highest BCUT2D eigenvalue weighted by Crippen LogP contribution is 2.51. The fourth-order valence-corrected chi connectivity index (χ4v) is 12.3. The lowest BCUT2D eigenvalue weighted by Crippen LogP contribution is -2.48. The molecule has 2 saturated carbocycles. The molecule has 0 N–H and O–H groups in total. The molecule has 62 heavy (non-hydrogen) atoms. The quantitative estimate of drug-likeness (QED) is 0.0700. The molecule has 6 heterocycles. The summed E-state index contributed by atoms with van der Waals surface area (Å²) in [5, 5.41) is 7.30. The van der Waals surface area contributed by atoms with Gasteiger partial charge < -0.3 is 28.6 Å². The van der Waals surface area contributed by atoms with Crippen LogP contribution in [0.4, 0.5) is 0 Å². The van der Waals surface area contributed by atoms with Crippen LogP contribution in [0.1, 0.15) is 111 Å². The van der Waals surface area contributed by atoms with Gasteiger partial charge in [0.15, 0.2) is 0 Å². The van der Waals surface area contributed by atoms with Gasteiger partial charge in [-0.2, -0.15) is 0 Å². The summed E-state index contributed by atoms with van der Waals surface area (Å²) in [7, 11) is 3.28. The van der Waals surface area contributed by atoms with Crippen LogP contribution in [0.25, 0.3) is 0 Å². The number of pyridine rings is 2. The number of hydroxylamine groups is 4. The molecule has 2 saturated heterocycles. The van der Waals surface area contributed by atoms with E-state index in [0.29, 0.717) is 52.2 Å². The highest BCUT2D eigenvalue weighted by molar-refractivity contribution is 7.10. The fourth-order valence-electron chi connectivity index (χ4n) is 10.6. The van der Waals surface area contributed by atoms with Crippen molar-refractivity contribution in [3.05, 3.63) is 105 Å². The first-order valence-corrected chi connectivity index (χ1v) is 23.9. The molecule has 0 bridgehead atoms. The van der Waals surface area contributed by atoms with Crippen LogP contribution in [0, 0.1) is 0 Å². The smallest absolute Gasteiger partial charge is 0.349 e. The van der Waals surface area contributed by atoms with Gasteiger partial charge in [-0.05, 0) is 111 Å². The number of carbonyl (C=O) groups is 2. The van der Waals surface area contributed by atoms with Crippen LogP contribution in [0.15, 0.2) is 83.8 Å². The largest absolute Gasteiger partial charge is 0.496 e. The van der Waals surface area contributed by atoms with Crippen molar-refractivity contribution in [2.24, 2.45) is 0 Å². The van der Waals surface area contributed by atoms with Gasteiger partial charge in [0.05, 0.1) is 48.3 Å². The Morgan fingerprint density at radius 1 is 0.645 bits per heavy atom. The Kier molecular flexibility index (Phi) is 14.4. The minimum atomic E-state index is -0.673. The predicted octanol–water partition coefficient (Wildman–Crippen LogP) is 9.30. The van der Waals surface area contributed by atoms with E-state index in [4.69, 9.17) is 38.6 Å². The Balaban J connectivity index is 0.975. The summed E-state index contributed by atoms with van der Waals surface area (Å²) in [6.07, 6.45) is 19.7. The zero-order valence-corrected chi connectivity index (χ0v) is 37.7. The van der Waals surface area contributed by atoms with Gasteiger partial charge in [-0.15, -0.1) is 32.8 Å². The molecule has 0 amide bonds. The van der Waals surface area contributed by atoms with Crippen molar-refractivity contribution >= 4 is 34.6 Å². The van der Waals surface area contributed by atoms with Gasteiger partial charge in [-0.1, -0.05) is 37.8 Å². The lowest BCUT2D eigenvalue weighted by Gasteiger charge is -2.47. The molecule has 0 unspecified atom stereocenters. The first-order valence-electron chi connectivity index (χ1n) is 22.2. The van der Waals surface area contributed by atoms with E-state index in [1.807, 2.05) is 59.6 Å². The molecule has 8 rings (SSSR count). The molecular weight excluding hydrogens is 825 g/mol. The SMILES string of the molecule is COc1ccsc1CN(CC[C@@]1(c2ccccn2)CCOC2(CCCC2)C1)OC(=O)/C=C/C(=O)ON(CC[C@@]1(c2ccccn2)CCOC2(CCCC2)C1)Cc1sccc1OC. The first kappa shape index (κ1) is 44.4. The average Bonchev–Trinajstić information content (AvgIpc) is 4.14. The third-order valence-corrected chi connectivity index (χ3v) is 15.5. The molecule has 4 fully saturated rings. The lowest BCUT2D eigenvalue weighted by atomic mass is 9.68. The van der Waals surface area contributed by atoms with Crippen LogP contribution in [-0.2, 0) is 52.7 Å². The number of carbonyl (C=O) groups excluding carboxylic acids is 2. The maximum Gasteiger partial charge on any atom is 0.349 e. The molecule has 4 aromatic rings. The second-order valence-corrected chi connectivity index (χ2v) is 19.5. The summed E-state index contributed by atoms with van der Waals surface area (Å²) in [5.74, 6) is 0.121. The third kappa shape index (κ3) is 10.4. The van der Waals surface area contributed by atoms with E-state index >= 15 is 0 Å². The van der Waals surface area contributed by atoms with Crippen molar-refractivity contribution in [1.82, 2.24) is 20.1 Å². The minimum Gasteiger partial charge on any atom is -0.496 e. The van der Waals surface area contributed by atoms with Gasteiger partial charge in [-0.25, -0.2) is 9.59 Å². The predicted molar refractivity (Wildman–Crippen MR) is 238 cm³/mol. The summed E-state index contributed by atoms with van der Waals surface area (Å²) >= 11 is 3.08. The Hall–Kier alpha value is -4.18. The number of hydrogen-bond acceptors (Lipinski definition) is 14. The van der Waals surface area contributed by atoms with Crippen LogP contribution < -0.4 is 9.47 Å². The molecule has 4 aliphatic rings. The molecule has 12 nitrogen and oxygen atoms in total. The Labute approximate surface area is 373 Å². The van der Waals surface area contributed by atoms with E-state index in [0.717, 1.165) is 122 Å².